The Kier molecular flexibility index (Phi) is 28.7. The van der Waals surface area contributed by atoms with Crippen LogP contribution in [0.5, 0.6) is 0 Å². The van der Waals surface area contributed by atoms with Crippen LogP contribution >= 0.6 is 12.4 Å². The number of guanidine groups is 3. The molecular weight excluding hydrogens is 198 g/mol. The summed E-state index contributed by atoms with van der Waals surface area (Å²) >= 11 is 0. The molecule has 0 saturated heterocycles. The van der Waals surface area contributed by atoms with E-state index in [0.29, 0.717) is 0 Å². The van der Waals surface area contributed by atoms with Crippen molar-refractivity contribution in [2.75, 3.05) is 0 Å². The van der Waals surface area contributed by atoms with Crippen molar-refractivity contribution < 1.29 is 0 Å². The first-order valence-corrected chi connectivity index (χ1v) is 2.48. The second-order valence-electron chi connectivity index (χ2n) is 1.37. The van der Waals surface area contributed by atoms with Crippen LogP contribution in [0.25, 0.3) is 0 Å². The molecule has 0 fully saturated rings. The molecule has 15 N–H and O–H groups in total. The average molecular weight is 214 g/mol. The van der Waals surface area contributed by atoms with E-state index in [1.165, 1.54) is 0 Å². The summed E-state index contributed by atoms with van der Waals surface area (Å²) in [6.07, 6.45) is 0. The third-order valence-electron chi connectivity index (χ3n) is 0. The van der Waals surface area contributed by atoms with E-state index in [2.05, 4.69) is 34.4 Å². The Hall–Kier alpha value is -1.90. The number of halogens is 1. The van der Waals surface area contributed by atoms with E-state index >= 15 is 0 Å². The van der Waals surface area contributed by atoms with Crippen LogP contribution in [0.2, 0.25) is 0 Å². The Morgan fingerprint density at radius 3 is 0.538 bits per heavy atom. The summed E-state index contributed by atoms with van der Waals surface area (Å²) in [4.78, 5) is 0. The molecule has 0 aliphatic carbocycles. The van der Waals surface area contributed by atoms with E-state index in [0.717, 1.165) is 0 Å². The molecule has 0 aromatic heterocycles. The van der Waals surface area contributed by atoms with Crippen molar-refractivity contribution in [3.05, 3.63) is 0 Å². The minimum absolute atomic E-state index is 0. The third kappa shape index (κ3) is 184. The van der Waals surface area contributed by atoms with Crippen LogP contribution in [-0.2, 0) is 0 Å². The molecular formula is C3H16ClN9. The molecule has 0 radical (unpaired) electrons. The lowest BCUT2D eigenvalue weighted by molar-refractivity contribution is 1.38. The predicted molar refractivity (Wildman–Crippen MR) is 55.6 cm³/mol. The van der Waals surface area contributed by atoms with Crippen LogP contribution in [0.1, 0.15) is 0 Å². The Morgan fingerprint density at radius 2 is 0.538 bits per heavy atom. The third-order valence-corrected chi connectivity index (χ3v) is 0. The molecule has 0 aromatic rings. The smallest absolute Gasteiger partial charge is 0.183 e. The zero-order chi connectivity index (χ0) is 10.7. The van der Waals surface area contributed by atoms with E-state index < -0.39 is 0 Å². The van der Waals surface area contributed by atoms with Gasteiger partial charge in [0.1, 0.15) is 0 Å². The summed E-state index contributed by atoms with van der Waals surface area (Å²) in [5.41, 5.74) is 26.8. The molecule has 0 heterocycles. The van der Waals surface area contributed by atoms with Crippen molar-refractivity contribution in [1.29, 1.82) is 16.2 Å². The summed E-state index contributed by atoms with van der Waals surface area (Å²) in [6, 6.07) is 0. The van der Waals surface area contributed by atoms with Gasteiger partial charge in [-0.1, -0.05) is 0 Å². The second-order valence-corrected chi connectivity index (χ2v) is 1.37. The van der Waals surface area contributed by atoms with Gasteiger partial charge >= 0.3 is 0 Å². The average Bonchev–Trinajstić information content (AvgIpc) is 1.54. The van der Waals surface area contributed by atoms with E-state index in [4.69, 9.17) is 16.2 Å². The van der Waals surface area contributed by atoms with Gasteiger partial charge in [-0.2, -0.15) is 0 Å². The highest BCUT2D eigenvalue weighted by atomic mass is 35.5. The molecule has 0 aliphatic heterocycles. The number of hydrogen-bond donors (Lipinski definition) is 9. The molecule has 0 rings (SSSR count). The van der Waals surface area contributed by atoms with Gasteiger partial charge in [0.25, 0.3) is 0 Å². The summed E-state index contributed by atoms with van der Waals surface area (Å²) in [5.74, 6) is -1.000. The Morgan fingerprint density at radius 1 is 0.538 bits per heavy atom. The van der Waals surface area contributed by atoms with Gasteiger partial charge in [0.2, 0.25) is 0 Å². The topological polar surface area (TPSA) is 228 Å². The SMILES string of the molecule is Cl.N=C(N)N.N=C(N)N.N=C(N)N. The van der Waals surface area contributed by atoms with Crippen LogP contribution in [-0.4, -0.2) is 17.9 Å². The lowest BCUT2D eigenvalue weighted by atomic mass is 11.1. The molecule has 0 atom stereocenters. The highest BCUT2D eigenvalue weighted by Gasteiger charge is 1.53. The molecule has 0 aromatic carbocycles. The number of rotatable bonds is 0. The second kappa shape index (κ2) is 16.6. The molecule has 10 heteroatoms. The van der Waals surface area contributed by atoms with Gasteiger partial charge in [-0.25, -0.2) is 0 Å². The minimum Gasteiger partial charge on any atom is -0.370 e. The Labute approximate surface area is 81.7 Å². The van der Waals surface area contributed by atoms with Crippen molar-refractivity contribution >= 4 is 30.3 Å². The van der Waals surface area contributed by atoms with Gasteiger partial charge in [0.05, 0.1) is 0 Å². The predicted octanol–water partition coefficient (Wildman–Crippen LogP) is -3.06. The van der Waals surface area contributed by atoms with Crippen molar-refractivity contribution in [1.82, 2.24) is 0 Å². The van der Waals surface area contributed by atoms with E-state index in [-0.39, 0.29) is 30.3 Å². The van der Waals surface area contributed by atoms with Gasteiger partial charge in [-0.05, 0) is 0 Å². The molecule has 80 valence electrons. The first kappa shape index (κ1) is 22.5. The summed E-state index contributed by atoms with van der Waals surface area (Å²) in [6.45, 7) is 0. The maximum absolute atomic E-state index is 6.06. The fourth-order valence-corrected chi connectivity index (χ4v) is 0. The highest BCUT2D eigenvalue weighted by molar-refractivity contribution is 5.85. The minimum atomic E-state index is -0.333. The number of nitrogens with two attached hydrogens (primary N) is 6. The van der Waals surface area contributed by atoms with Crippen LogP contribution in [0.15, 0.2) is 0 Å². The number of hydrogen-bond acceptors (Lipinski definition) is 3. The zero-order valence-corrected chi connectivity index (χ0v) is 7.69. The van der Waals surface area contributed by atoms with Gasteiger partial charge in [-0.3, -0.25) is 16.2 Å². The monoisotopic (exact) mass is 213 g/mol. The van der Waals surface area contributed by atoms with Crippen LogP contribution in [0, 0.1) is 16.2 Å². The quantitative estimate of drug-likeness (QED) is 0.150. The van der Waals surface area contributed by atoms with Crippen molar-refractivity contribution in [3.63, 3.8) is 0 Å². The molecule has 0 unspecified atom stereocenters. The molecule has 0 saturated carbocycles. The molecule has 0 amide bonds. The largest absolute Gasteiger partial charge is 0.370 e. The van der Waals surface area contributed by atoms with Crippen LogP contribution in [0.4, 0.5) is 0 Å². The van der Waals surface area contributed by atoms with Crippen molar-refractivity contribution in [3.8, 4) is 0 Å². The lowest BCUT2D eigenvalue weighted by Crippen LogP contribution is -2.20. The molecule has 13 heavy (non-hydrogen) atoms. The van der Waals surface area contributed by atoms with Crippen molar-refractivity contribution in [2.45, 2.75) is 0 Å². The van der Waals surface area contributed by atoms with Crippen LogP contribution in [0.3, 0.4) is 0 Å². The zero-order valence-electron chi connectivity index (χ0n) is 6.87. The molecule has 0 spiro atoms. The van der Waals surface area contributed by atoms with Gasteiger partial charge in [0.15, 0.2) is 17.9 Å². The van der Waals surface area contributed by atoms with E-state index in [9.17, 15) is 0 Å². The fraction of sp³-hybridized carbons (Fsp3) is 0. The first-order chi connectivity index (χ1) is 5.20. The fourth-order valence-electron chi connectivity index (χ4n) is 0. The van der Waals surface area contributed by atoms with Crippen molar-refractivity contribution in [2.24, 2.45) is 34.4 Å². The molecule has 0 aliphatic rings. The van der Waals surface area contributed by atoms with Gasteiger partial charge in [-0.15, -0.1) is 12.4 Å². The Balaban J connectivity index is -0.0000000450. The highest BCUT2D eigenvalue weighted by Crippen LogP contribution is 1.14. The summed E-state index contributed by atoms with van der Waals surface area (Å²) < 4.78 is 0. The summed E-state index contributed by atoms with van der Waals surface area (Å²) in [5, 5.41) is 18.2. The van der Waals surface area contributed by atoms with Gasteiger partial charge < -0.3 is 34.4 Å². The Bertz CT molecular complexity index is 112. The molecule has 9 nitrogen and oxygen atoms in total. The standard InChI is InChI=1S/3CH5N3.ClH/c3*2-1(3)4;/h3*(H5,2,3,4);1H. The molecule has 0 bridgehead atoms. The number of nitrogens with one attached hydrogen (secondary N) is 3. The van der Waals surface area contributed by atoms with E-state index in [1.54, 1.807) is 0 Å². The first-order valence-electron chi connectivity index (χ1n) is 2.48. The maximum Gasteiger partial charge on any atom is 0.183 e. The van der Waals surface area contributed by atoms with Gasteiger partial charge in [0, 0.05) is 0 Å². The normalized spacial score (nSPS) is 5.54. The maximum atomic E-state index is 6.06. The summed E-state index contributed by atoms with van der Waals surface area (Å²) in [7, 11) is 0. The van der Waals surface area contributed by atoms with E-state index in [1.807, 2.05) is 0 Å². The van der Waals surface area contributed by atoms with Crippen LogP contribution < -0.4 is 34.4 Å². The lowest BCUT2D eigenvalue weighted by Gasteiger charge is -1.69.